The molecular formula is C31H29FN4O3S. The highest BCUT2D eigenvalue weighted by Gasteiger charge is 2.20. The molecule has 0 amide bonds. The van der Waals surface area contributed by atoms with Crippen LogP contribution in [0.15, 0.2) is 78.5 Å². The Balaban J connectivity index is 1.63. The Morgan fingerprint density at radius 2 is 1.70 bits per heavy atom. The first kappa shape index (κ1) is 27.2. The highest BCUT2D eigenvalue weighted by Crippen LogP contribution is 2.42. The number of para-hydroxylation sites is 1. The summed E-state index contributed by atoms with van der Waals surface area (Å²) in [6, 6.07) is 18.5. The smallest absolute Gasteiger partial charge is 0.203 e. The van der Waals surface area contributed by atoms with Gasteiger partial charge in [-0.2, -0.15) is 0 Å². The van der Waals surface area contributed by atoms with Crippen LogP contribution in [0.2, 0.25) is 0 Å². The van der Waals surface area contributed by atoms with Crippen molar-refractivity contribution in [3.63, 3.8) is 0 Å². The molecule has 0 aliphatic rings. The van der Waals surface area contributed by atoms with E-state index in [-0.39, 0.29) is 5.82 Å². The maximum absolute atomic E-state index is 13.9. The average molecular weight is 557 g/mol. The van der Waals surface area contributed by atoms with Crippen molar-refractivity contribution in [2.24, 2.45) is 0 Å². The molecule has 5 rings (SSSR count). The summed E-state index contributed by atoms with van der Waals surface area (Å²) >= 11 is 1.51. The van der Waals surface area contributed by atoms with Gasteiger partial charge in [0, 0.05) is 28.8 Å². The molecule has 5 aromatic rings. The van der Waals surface area contributed by atoms with Gasteiger partial charge < -0.3 is 14.2 Å². The van der Waals surface area contributed by atoms with Crippen molar-refractivity contribution >= 4 is 22.7 Å². The Hall–Kier alpha value is -4.37. The third-order valence-corrected chi connectivity index (χ3v) is 7.63. The van der Waals surface area contributed by atoms with Gasteiger partial charge in [-0.1, -0.05) is 42.1 Å². The van der Waals surface area contributed by atoms with Crippen LogP contribution in [0.3, 0.4) is 0 Å². The van der Waals surface area contributed by atoms with Gasteiger partial charge in [0.25, 0.3) is 0 Å². The highest BCUT2D eigenvalue weighted by molar-refractivity contribution is 7.98. The Morgan fingerprint density at radius 3 is 2.40 bits per heavy atom. The van der Waals surface area contributed by atoms with Gasteiger partial charge in [0.1, 0.15) is 5.82 Å². The van der Waals surface area contributed by atoms with E-state index in [4.69, 9.17) is 19.2 Å². The van der Waals surface area contributed by atoms with Crippen LogP contribution in [0.1, 0.15) is 11.1 Å². The molecule has 0 spiro atoms. The molecule has 0 N–H and O–H groups in total. The van der Waals surface area contributed by atoms with Gasteiger partial charge in [0.05, 0.1) is 32.5 Å². The number of ether oxygens (including phenoxy) is 3. The molecule has 3 aromatic carbocycles. The molecule has 0 fully saturated rings. The lowest BCUT2D eigenvalue weighted by Gasteiger charge is -2.15. The minimum atomic E-state index is -0.253. The number of nitrogens with zero attached hydrogens (tertiary/aromatic N) is 4. The molecule has 7 nitrogen and oxygen atoms in total. The largest absolute Gasteiger partial charge is 0.493 e. The Labute approximate surface area is 236 Å². The van der Waals surface area contributed by atoms with Crippen molar-refractivity contribution in [1.82, 2.24) is 19.7 Å². The third-order valence-electron chi connectivity index (χ3n) is 6.61. The van der Waals surface area contributed by atoms with Crippen LogP contribution in [0.4, 0.5) is 4.39 Å². The van der Waals surface area contributed by atoms with Crippen molar-refractivity contribution in [1.29, 1.82) is 0 Å². The van der Waals surface area contributed by atoms with E-state index in [1.54, 1.807) is 33.5 Å². The van der Waals surface area contributed by atoms with E-state index in [0.717, 1.165) is 33.2 Å². The maximum Gasteiger partial charge on any atom is 0.203 e. The second-order valence-electron chi connectivity index (χ2n) is 9.05. The molecule has 0 radical (unpaired) electrons. The van der Waals surface area contributed by atoms with Gasteiger partial charge in [-0.3, -0.25) is 4.57 Å². The number of hydrogen-bond acceptors (Lipinski definition) is 7. The highest BCUT2D eigenvalue weighted by atomic mass is 32.2. The van der Waals surface area contributed by atoms with E-state index in [1.165, 1.54) is 17.8 Å². The molecule has 0 aliphatic carbocycles. The fourth-order valence-electron chi connectivity index (χ4n) is 4.56. The van der Waals surface area contributed by atoms with Gasteiger partial charge in [0.2, 0.25) is 5.75 Å². The first-order valence-electron chi connectivity index (χ1n) is 12.6. The number of pyridine rings is 1. The monoisotopic (exact) mass is 556 g/mol. The van der Waals surface area contributed by atoms with Crippen LogP contribution in [-0.4, -0.2) is 41.1 Å². The first-order valence-corrected chi connectivity index (χ1v) is 13.6. The molecule has 40 heavy (non-hydrogen) atoms. The van der Waals surface area contributed by atoms with Crippen LogP contribution in [0.5, 0.6) is 17.2 Å². The SMILES string of the molecule is C=CCn1c(SCc2cc(F)ccc2C)nnc1-c1cc(-c2cc(OC)c(OC)c(OC)c2)nc2ccccc12. The Morgan fingerprint density at radius 1 is 0.950 bits per heavy atom. The van der Waals surface area contributed by atoms with Crippen LogP contribution in [-0.2, 0) is 12.3 Å². The quantitative estimate of drug-likeness (QED) is 0.134. The molecule has 204 valence electrons. The van der Waals surface area contributed by atoms with E-state index in [1.807, 2.05) is 60.0 Å². The molecule has 2 heterocycles. The topological polar surface area (TPSA) is 71.3 Å². The van der Waals surface area contributed by atoms with Crippen molar-refractivity contribution in [2.75, 3.05) is 21.3 Å². The number of rotatable bonds is 10. The molecule has 0 unspecified atom stereocenters. The summed E-state index contributed by atoms with van der Waals surface area (Å²) in [6.07, 6.45) is 1.81. The van der Waals surface area contributed by atoms with E-state index >= 15 is 0 Å². The molecular weight excluding hydrogens is 527 g/mol. The lowest BCUT2D eigenvalue weighted by atomic mass is 10.0. The lowest BCUT2D eigenvalue weighted by molar-refractivity contribution is 0.324. The van der Waals surface area contributed by atoms with Gasteiger partial charge in [0.15, 0.2) is 22.5 Å². The summed E-state index contributed by atoms with van der Waals surface area (Å²) in [7, 11) is 4.75. The second-order valence-corrected chi connectivity index (χ2v) is 9.99. The van der Waals surface area contributed by atoms with Crippen LogP contribution in [0, 0.1) is 12.7 Å². The fraction of sp³-hybridized carbons (Fsp3) is 0.194. The predicted octanol–water partition coefficient (Wildman–Crippen LogP) is 7.11. The molecule has 9 heteroatoms. The van der Waals surface area contributed by atoms with Crippen LogP contribution >= 0.6 is 11.8 Å². The minimum absolute atomic E-state index is 0.253. The zero-order valence-electron chi connectivity index (χ0n) is 22.8. The average Bonchev–Trinajstić information content (AvgIpc) is 3.38. The third kappa shape index (κ3) is 5.24. The van der Waals surface area contributed by atoms with Crippen LogP contribution < -0.4 is 14.2 Å². The summed E-state index contributed by atoms with van der Waals surface area (Å²) < 4.78 is 32.6. The molecule has 0 atom stereocenters. The number of halogens is 1. The summed E-state index contributed by atoms with van der Waals surface area (Å²) in [5, 5.41) is 10.8. The standard InChI is InChI=1S/C31H29FN4O3S/c1-6-13-36-30(34-35-31(36)40-18-21-14-22(32)12-11-19(21)2)24-17-26(33-25-10-8-7-9-23(24)25)20-15-27(37-3)29(39-5)28(16-20)38-4/h6-12,14-17H,1,13,18H2,2-5H3. The minimum Gasteiger partial charge on any atom is -0.493 e. The van der Waals surface area contributed by atoms with E-state index in [2.05, 4.69) is 16.8 Å². The predicted molar refractivity (Wildman–Crippen MR) is 157 cm³/mol. The number of allylic oxidation sites excluding steroid dienone is 1. The number of aromatic nitrogens is 4. The summed E-state index contributed by atoms with van der Waals surface area (Å²) in [5.74, 6) is 2.58. The van der Waals surface area contributed by atoms with E-state index < -0.39 is 0 Å². The number of benzene rings is 3. The molecule has 0 aliphatic heterocycles. The van der Waals surface area contributed by atoms with E-state index in [0.29, 0.717) is 46.2 Å². The number of methoxy groups -OCH3 is 3. The fourth-order valence-corrected chi connectivity index (χ4v) is 5.57. The molecule has 2 aromatic heterocycles. The van der Waals surface area contributed by atoms with Gasteiger partial charge in [-0.15, -0.1) is 16.8 Å². The zero-order valence-corrected chi connectivity index (χ0v) is 23.6. The number of fused-ring (bicyclic) bond motifs is 1. The van der Waals surface area contributed by atoms with Crippen molar-refractivity contribution in [2.45, 2.75) is 24.4 Å². The van der Waals surface area contributed by atoms with Gasteiger partial charge in [-0.05, 0) is 54.4 Å². The summed E-state index contributed by atoms with van der Waals surface area (Å²) in [6.45, 7) is 6.43. The lowest BCUT2D eigenvalue weighted by Crippen LogP contribution is -2.02. The van der Waals surface area contributed by atoms with Gasteiger partial charge >= 0.3 is 0 Å². The number of thioether (sulfide) groups is 1. The van der Waals surface area contributed by atoms with Crippen molar-refractivity contribution in [3.8, 4) is 39.9 Å². The van der Waals surface area contributed by atoms with Gasteiger partial charge in [-0.25, -0.2) is 9.37 Å². The maximum atomic E-state index is 13.9. The summed E-state index contributed by atoms with van der Waals surface area (Å²) in [4.78, 5) is 4.94. The number of hydrogen-bond donors (Lipinski definition) is 0. The van der Waals surface area contributed by atoms with Crippen LogP contribution in [0.25, 0.3) is 33.5 Å². The Kier molecular flexibility index (Phi) is 8.02. The zero-order chi connectivity index (χ0) is 28.2. The van der Waals surface area contributed by atoms with Crippen molar-refractivity contribution < 1.29 is 18.6 Å². The normalized spacial score (nSPS) is 11.0. The summed E-state index contributed by atoms with van der Waals surface area (Å²) in [5.41, 5.74) is 5.13. The molecule has 0 bridgehead atoms. The first-order chi connectivity index (χ1) is 19.5. The van der Waals surface area contributed by atoms with Crippen molar-refractivity contribution in [3.05, 3.63) is 90.3 Å². The van der Waals surface area contributed by atoms with E-state index in [9.17, 15) is 4.39 Å². The molecule has 0 saturated heterocycles. The molecule has 0 saturated carbocycles. The second kappa shape index (κ2) is 11.8. The number of aryl methyl sites for hydroxylation is 1. The Bertz CT molecular complexity index is 1680.